The third kappa shape index (κ3) is 3.05. The number of hydrogen-bond acceptors (Lipinski definition) is 1. The molecule has 0 heterocycles. The molecule has 1 amide bonds. The van der Waals surface area contributed by atoms with Gasteiger partial charge < -0.3 is 5.32 Å². The second kappa shape index (κ2) is 5.99. The second-order valence-electron chi connectivity index (χ2n) is 6.66. The lowest BCUT2D eigenvalue weighted by atomic mass is 9.87. The smallest absolute Gasteiger partial charge is 0.220 e. The number of hydrogen-bond donors (Lipinski definition) is 1. The number of amides is 1. The van der Waals surface area contributed by atoms with Gasteiger partial charge in [0.1, 0.15) is 0 Å². The number of benzene rings is 1. The van der Waals surface area contributed by atoms with Gasteiger partial charge in [-0.15, -0.1) is 0 Å². The molecule has 0 spiro atoms. The summed E-state index contributed by atoms with van der Waals surface area (Å²) >= 11 is 0. The van der Waals surface area contributed by atoms with Crippen molar-refractivity contribution < 1.29 is 4.79 Å². The first-order valence-electron chi connectivity index (χ1n) is 8.09. The summed E-state index contributed by atoms with van der Waals surface area (Å²) in [6.45, 7) is 2.31. The van der Waals surface area contributed by atoms with E-state index in [4.69, 9.17) is 0 Å². The maximum atomic E-state index is 12.2. The van der Waals surface area contributed by atoms with Crippen LogP contribution in [0.15, 0.2) is 24.3 Å². The van der Waals surface area contributed by atoms with E-state index in [0.717, 1.165) is 31.6 Å². The zero-order valence-electron chi connectivity index (χ0n) is 12.4. The summed E-state index contributed by atoms with van der Waals surface area (Å²) in [4.78, 5) is 12.2. The van der Waals surface area contributed by atoms with E-state index >= 15 is 0 Å². The number of rotatable bonds is 3. The van der Waals surface area contributed by atoms with Gasteiger partial charge in [-0.1, -0.05) is 31.2 Å². The highest BCUT2D eigenvalue weighted by Crippen LogP contribution is 2.35. The van der Waals surface area contributed by atoms with Gasteiger partial charge in [-0.2, -0.15) is 0 Å². The van der Waals surface area contributed by atoms with Gasteiger partial charge in [-0.05, 0) is 61.5 Å². The molecule has 108 valence electrons. The highest BCUT2D eigenvalue weighted by Gasteiger charge is 2.26. The zero-order valence-corrected chi connectivity index (χ0v) is 12.4. The Balaban J connectivity index is 1.53. The van der Waals surface area contributed by atoms with Gasteiger partial charge in [0, 0.05) is 12.5 Å². The van der Waals surface area contributed by atoms with Gasteiger partial charge >= 0.3 is 0 Å². The summed E-state index contributed by atoms with van der Waals surface area (Å²) < 4.78 is 0. The van der Waals surface area contributed by atoms with Crippen molar-refractivity contribution in [3.8, 4) is 0 Å². The third-order valence-corrected chi connectivity index (χ3v) is 5.07. The van der Waals surface area contributed by atoms with Crippen LogP contribution in [0.5, 0.6) is 0 Å². The third-order valence-electron chi connectivity index (χ3n) is 5.07. The van der Waals surface area contributed by atoms with E-state index < -0.39 is 0 Å². The van der Waals surface area contributed by atoms with E-state index in [9.17, 15) is 4.79 Å². The highest BCUT2D eigenvalue weighted by atomic mass is 16.1. The minimum atomic E-state index is 0.256. The van der Waals surface area contributed by atoms with Crippen molar-refractivity contribution in [2.45, 2.75) is 63.8 Å². The molecule has 1 saturated carbocycles. The van der Waals surface area contributed by atoms with Gasteiger partial charge in [0.25, 0.3) is 0 Å². The fourth-order valence-corrected chi connectivity index (χ4v) is 3.77. The van der Waals surface area contributed by atoms with Gasteiger partial charge in [0.15, 0.2) is 0 Å². The van der Waals surface area contributed by atoms with Crippen LogP contribution >= 0.6 is 0 Å². The predicted molar refractivity (Wildman–Crippen MR) is 81.7 cm³/mol. The van der Waals surface area contributed by atoms with E-state index in [2.05, 4.69) is 36.5 Å². The minimum absolute atomic E-state index is 0.256. The van der Waals surface area contributed by atoms with E-state index in [0.29, 0.717) is 18.4 Å². The molecule has 2 heteroatoms. The van der Waals surface area contributed by atoms with Crippen LogP contribution in [-0.2, 0) is 11.2 Å². The number of fused-ring (bicyclic) bond motifs is 1. The quantitative estimate of drug-likeness (QED) is 0.890. The summed E-state index contributed by atoms with van der Waals surface area (Å²) in [6.07, 6.45) is 7.78. The maximum absolute atomic E-state index is 12.2. The molecule has 0 radical (unpaired) electrons. The van der Waals surface area contributed by atoms with E-state index in [1.807, 2.05) is 0 Å². The van der Waals surface area contributed by atoms with Crippen LogP contribution in [0.25, 0.3) is 0 Å². The highest BCUT2D eigenvalue weighted by molar-refractivity contribution is 5.77. The molecule has 2 nitrogen and oxygen atoms in total. The maximum Gasteiger partial charge on any atom is 0.220 e. The minimum Gasteiger partial charge on any atom is -0.353 e. The molecule has 1 N–H and O–H groups in total. The molecule has 1 fully saturated rings. The van der Waals surface area contributed by atoms with Crippen LogP contribution in [0.2, 0.25) is 0 Å². The zero-order chi connectivity index (χ0) is 13.9. The van der Waals surface area contributed by atoms with E-state index in [1.165, 1.54) is 24.0 Å². The normalized spacial score (nSPS) is 28.9. The summed E-state index contributed by atoms with van der Waals surface area (Å²) in [7, 11) is 0. The van der Waals surface area contributed by atoms with E-state index in [-0.39, 0.29) is 5.91 Å². The summed E-state index contributed by atoms with van der Waals surface area (Å²) in [5, 5.41) is 3.26. The fraction of sp³-hybridized carbons (Fsp3) is 0.611. The Hall–Kier alpha value is -1.31. The lowest BCUT2D eigenvalue weighted by Crippen LogP contribution is -2.37. The first-order chi connectivity index (χ1) is 9.72. The van der Waals surface area contributed by atoms with Crippen LogP contribution in [0, 0.1) is 5.92 Å². The number of nitrogens with one attached hydrogen (secondary N) is 1. The molecule has 0 bridgehead atoms. The van der Waals surface area contributed by atoms with Gasteiger partial charge in [-0.25, -0.2) is 0 Å². The average molecular weight is 271 g/mol. The van der Waals surface area contributed by atoms with Crippen LogP contribution in [0.1, 0.15) is 62.5 Å². The Morgan fingerprint density at radius 3 is 2.70 bits per heavy atom. The lowest BCUT2D eigenvalue weighted by Gasteiger charge is -2.27. The lowest BCUT2D eigenvalue weighted by molar-refractivity contribution is -0.122. The predicted octanol–water partition coefficient (Wildman–Crippen LogP) is 3.80. The van der Waals surface area contributed by atoms with Gasteiger partial charge in [0.05, 0.1) is 0 Å². The van der Waals surface area contributed by atoms with Crippen molar-refractivity contribution in [1.82, 2.24) is 5.32 Å². The van der Waals surface area contributed by atoms with Gasteiger partial charge in [0.2, 0.25) is 5.91 Å². The Morgan fingerprint density at radius 1 is 1.15 bits per heavy atom. The summed E-state index contributed by atoms with van der Waals surface area (Å²) in [5.74, 6) is 1.53. The topological polar surface area (TPSA) is 29.1 Å². The second-order valence-corrected chi connectivity index (χ2v) is 6.66. The molecule has 0 aromatic heterocycles. The molecular formula is C18H25NO. The molecule has 3 rings (SSSR count). The van der Waals surface area contributed by atoms with Crippen LogP contribution < -0.4 is 5.32 Å². The first kappa shape index (κ1) is 13.7. The Kier molecular flexibility index (Phi) is 4.09. The molecule has 0 saturated heterocycles. The molecule has 1 atom stereocenters. The SMILES string of the molecule is CC1CCC(NC(=O)CC2CCc3ccccc32)CC1. The van der Waals surface area contributed by atoms with Crippen molar-refractivity contribution >= 4 is 5.91 Å². The molecule has 1 unspecified atom stereocenters. The van der Waals surface area contributed by atoms with Crippen molar-refractivity contribution in [3.05, 3.63) is 35.4 Å². The van der Waals surface area contributed by atoms with E-state index in [1.54, 1.807) is 0 Å². The standard InChI is InChI=1S/C18H25NO/c1-13-6-10-16(11-7-13)19-18(20)12-15-9-8-14-4-2-3-5-17(14)15/h2-5,13,15-16H,6-12H2,1H3,(H,19,20). The van der Waals surface area contributed by atoms with Crippen LogP contribution in [0.3, 0.4) is 0 Å². The fourth-order valence-electron chi connectivity index (χ4n) is 3.77. The van der Waals surface area contributed by atoms with Crippen molar-refractivity contribution in [2.24, 2.45) is 5.92 Å². The van der Waals surface area contributed by atoms with Gasteiger partial charge in [-0.3, -0.25) is 4.79 Å². The summed E-state index contributed by atoms with van der Waals surface area (Å²) in [6, 6.07) is 9.02. The Labute approximate surface area is 122 Å². The van der Waals surface area contributed by atoms with Crippen LogP contribution in [0.4, 0.5) is 0 Å². The monoisotopic (exact) mass is 271 g/mol. The van der Waals surface area contributed by atoms with Crippen LogP contribution in [-0.4, -0.2) is 11.9 Å². The Bertz CT molecular complexity index is 474. The largest absolute Gasteiger partial charge is 0.353 e. The summed E-state index contributed by atoms with van der Waals surface area (Å²) in [5.41, 5.74) is 2.84. The Morgan fingerprint density at radius 2 is 1.90 bits per heavy atom. The molecular weight excluding hydrogens is 246 g/mol. The average Bonchev–Trinajstić information content (AvgIpc) is 2.85. The number of carbonyl (C=O) groups excluding carboxylic acids is 1. The number of carbonyl (C=O) groups is 1. The molecule has 1 aromatic carbocycles. The molecule has 0 aliphatic heterocycles. The molecule has 20 heavy (non-hydrogen) atoms. The molecule has 1 aromatic rings. The molecule has 2 aliphatic carbocycles. The molecule has 2 aliphatic rings. The number of aryl methyl sites for hydroxylation is 1. The first-order valence-corrected chi connectivity index (χ1v) is 8.09. The van der Waals surface area contributed by atoms with Crippen molar-refractivity contribution in [1.29, 1.82) is 0 Å². The van der Waals surface area contributed by atoms with Crippen molar-refractivity contribution in [2.75, 3.05) is 0 Å². The van der Waals surface area contributed by atoms with Crippen molar-refractivity contribution in [3.63, 3.8) is 0 Å².